The van der Waals surface area contributed by atoms with Crippen LogP contribution < -0.4 is 15.2 Å². The normalized spacial score (nSPS) is 9.95. The average Bonchev–Trinajstić information content (AvgIpc) is 2.53. The number of rotatable bonds is 5. The number of benzene rings is 2. The van der Waals surface area contributed by atoms with Crippen LogP contribution in [-0.4, -0.2) is 14.2 Å². The number of methoxy groups -OCH3 is 2. The average molecular weight is 300 g/mol. The van der Waals surface area contributed by atoms with Gasteiger partial charge in [-0.25, -0.2) is 0 Å². The number of ether oxygens (including phenoxy) is 2. The molecule has 0 spiro atoms. The molecule has 0 unspecified atom stereocenters. The minimum Gasteiger partial charge on any atom is -0.496 e. The molecule has 2 aromatic carbocycles. The second kappa shape index (κ2) is 6.91. The fourth-order valence-electron chi connectivity index (χ4n) is 1.88. The summed E-state index contributed by atoms with van der Waals surface area (Å²) in [5, 5.41) is 8.98. The molecule has 2 N–H and O–H groups in total. The van der Waals surface area contributed by atoms with E-state index in [1.807, 2.05) is 30.3 Å². The van der Waals surface area contributed by atoms with E-state index in [2.05, 4.69) is 6.07 Å². The van der Waals surface area contributed by atoms with Gasteiger partial charge in [0, 0.05) is 22.4 Å². The van der Waals surface area contributed by atoms with Crippen LogP contribution in [0.4, 0.5) is 5.69 Å². The van der Waals surface area contributed by atoms with Gasteiger partial charge in [0.2, 0.25) is 0 Å². The molecule has 0 saturated carbocycles. The number of hydrogen-bond donors (Lipinski definition) is 1. The molecule has 2 rings (SSSR count). The molecule has 0 aliphatic carbocycles. The monoisotopic (exact) mass is 300 g/mol. The second-order valence-corrected chi connectivity index (χ2v) is 5.36. The molecule has 4 nitrogen and oxygen atoms in total. The first-order valence-corrected chi connectivity index (χ1v) is 7.30. The summed E-state index contributed by atoms with van der Waals surface area (Å²) in [6, 6.07) is 13.3. The molecule has 5 heteroatoms. The van der Waals surface area contributed by atoms with Crippen molar-refractivity contribution in [3.8, 4) is 17.6 Å². The first-order chi connectivity index (χ1) is 10.2. The van der Waals surface area contributed by atoms with Crippen molar-refractivity contribution in [3.05, 3.63) is 47.5 Å². The van der Waals surface area contributed by atoms with Crippen LogP contribution in [0.15, 0.2) is 41.3 Å². The first kappa shape index (κ1) is 15.1. The Morgan fingerprint density at radius 1 is 1.10 bits per heavy atom. The lowest BCUT2D eigenvalue weighted by Gasteiger charge is -2.10. The molecular formula is C16H16N2O2S. The summed E-state index contributed by atoms with van der Waals surface area (Å²) in [6.45, 7) is 0. The Hall–Kier alpha value is -2.32. The van der Waals surface area contributed by atoms with Crippen LogP contribution in [0.1, 0.15) is 11.1 Å². The molecule has 0 fully saturated rings. The standard InChI is InChI=1S/C16H16N2O2S/c1-19-14-7-11(3-4-12(14)9-17)10-21-16-6-5-13(18)8-15(16)20-2/h3-8H,10,18H2,1-2H3. The number of nitrogens with zero attached hydrogens (tertiary/aromatic N) is 1. The molecule has 2 aromatic rings. The zero-order chi connectivity index (χ0) is 15.2. The van der Waals surface area contributed by atoms with Gasteiger partial charge in [-0.15, -0.1) is 11.8 Å². The van der Waals surface area contributed by atoms with Crippen LogP contribution in [0.25, 0.3) is 0 Å². The van der Waals surface area contributed by atoms with Crippen LogP contribution in [0.5, 0.6) is 11.5 Å². The van der Waals surface area contributed by atoms with Gasteiger partial charge in [-0.05, 0) is 29.8 Å². The summed E-state index contributed by atoms with van der Waals surface area (Å²) in [4.78, 5) is 1.02. The topological polar surface area (TPSA) is 68.3 Å². The highest BCUT2D eigenvalue weighted by Gasteiger charge is 2.07. The predicted molar refractivity (Wildman–Crippen MR) is 84.7 cm³/mol. The zero-order valence-corrected chi connectivity index (χ0v) is 12.7. The van der Waals surface area contributed by atoms with Crippen molar-refractivity contribution in [2.45, 2.75) is 10.6 Å². The van der Waals surface area contributed by atoms with Gasteiger partial charge in [-0.1, -0.05) is 6.07 Å². The highest BCUT2D eigenvalue weighted by Crippen LogP contribution is 2.33. The molecule has 0 amide bonds. The van der Waals surface area contributed by atoms with E-state index in [0.717, 1.165) is 22.0 Å². The summed E-state index contributed by atoms with van der Waals surface area (Å²) >= 11 is 1.65. The second-order valence-electron chi connectivity index (χ2n) is 4.35. The van der Waals surface area contributed by atoms with Gasteiger partial charge in [0.15, 0.2) is 0 Å². The lowest BCUT2D eigenvalue weighted by Crippen LogP contribution is -1.92. The molecule has 0 aliphatic rings. The number of hydrogen-bond acceptors (Lipinski definition) is 5. The van der Waals surface area contributed by atoms with Crippen molar-refractivity contribution < 1.29 is 9.47 Å². The highest BCUT2D eigenvalue weighted by molar-refractivity contribution is 7.98. The number of anilines is 1. The Morgan fingerprint density at radius 2 is 1.86 bits per heavy atom. The molecule has 0 aliphatic heterocycles. The van der Waals surface area contributed by atoms with Gasteiger partial charge < -0.3 is 15.2 Å². The van der Waals surface area contributed by atoms with Crippen LogP contribution in [0, 0.1) is 11.3 Å². The number of nitrogen functional groups attached to an aromatic ring is 1. The minimum atomic E-state index is 0.538. The van der Waals surface area contributed by atoms with E-state index >= 15 is 0 Å². The Balaban J connectivity index is 2.15. The van der Waals surface area contributed by atoms with Crippen molar-refractivity contribution >= 4 is 17.4 Å². The van der Waals surface area contributed by atoms with Crippen molar-refractivity contribution in [3.63, 3.8) is 0 Å². The van der Waals surface area contributed by atoms with E-state index in [4.69, 9.17) is 20.5 Å². The Bertz CT molecular complexity index is 680. The quantitative estimate of drug-likeness (QED) is 0.676. The van der Waals surface area contributed by atoms with Crippen LogP contribution in [0.3, 0.4) is 0 Å². The van der Waals surface area contributed by atoms with Crippen molar-refractivity contribution in [1.29, 1.82) is 5.26 Å². The van der Waals surface area contributed by atoms with E-state index < -0.39 is 0 Å². The predicted octanol–water partition coefficient (Wildman–Crippen LogP) is 3.45. The van der Waals surface area contributed by atoms with E-state index in [-0.39, 0.29) is 0 Å². The SMILES string of the molecule is COc1cc(CSc2ccc(N)cc2OC)ccc1C#N. The summed E-state index contributed by atoms with van der Waals surface area (Å²) < 4.78 is 10.5. The number of nitriles is 1. The Labute approximate surface area is 128 Å². The van der Waals surface area contributed by atoms with Gasteiger partial charge in [-0.2, -0.15) is 5.26 Å². The molecule has 0 aromatic heterocycles. The smallest absolute Gasteiger partial charge is 0.136 e. The molecule has 108 valence electrons. The third-order valence-corrected chi connectivity index (χ3v) is 4.09. The molecule has 0 radical (unpaired) electrons. The summed E-state index contributed by atoms with van der Waals surface area (Å²) in [5.41, 5.74) is 8.04. The number of nitrogens with two attached hydrogens (primary N) is 1. The third kappa shape index (κ3) is 3.61. The van der Waals surface area contributed by atoms with Crippen molar-refractivity contribution in [2.75, 3.05) is 20.0 Å². The molecule has 0 bridgehead atoms. The third-order valence-electron chi connectivity index (χ3n) is 2.97. The van der Waals surface area contributed by atoms with Gasteiger partial charge >= 0.3 is 0 Å². The highest BCUT2D eigenvalue weighted by atomic mass is 32.2. The fourth-order valence-corrected chi connectivity index (χ4v) is 2.83. The van der Waals surface area contributed by atoms with E-state index in [1.165, 1.54) is 0 Å². The minimum absolute atomic E-state index is 0.538. The largest absolute Gasteiger partial charge is 0.496 e. The lowest BCUT2D eigenvalue weighted by atomic mass is 10.1. The lowest BCUT2D eigenvalue weighted by molar-refractivity contribution is 0.405. The number of thioether (sulfide) groups is 1. The van der Waals surface area contributed by atoms with Gasteiger partial charge in [0.05, 0.1) is 19.8 Å². The molecular weight excluding hydrogens is 284 g/mol. The van der Waals surface area contributed by atoms with Crippen molar-refractivity contribution in [1.82, 2.24) is 0 Å². The van der Waals surface area contributed by atoms with Gasteiger partial charge in [-0.3, -0.25) is 0 Å². The molecule has 0 heterocycles. The fraction of sp³-hybridized carbons (Fsp3) is 0.188. The summed E-state index contributed by atoms with van der Waals surface area (Å²) in [7, 11) is 3.19. The van der Waals surface area contributed by atoms with E-state index in [1.54, 1.807) is 32.0 Å². The van der Waals surface area contributed by atoms with Crippen LogP contribution in [0.2, 0.25) is 0 Å². The first-order valence-electron chi connectivity index (χ1n) is 6.31. The van der Waals surface area contributed by atoms with Gasteiger partial charge in [0.25, 0.3) is 0 Å². The van der Waals surface area contributed by atoms with Crippen LogP contribution in [-0.2, 0) is 5.75 Å². The zero-order valence-electron chi connectivity index (χ0n) is 11.9. The van der Waals surface area contributed by atoms with E-state index in [0.29, 0.717) is 17.0 Å². The molecule has 0 saturated heterocycles. The van der Waals surface area contributed by atoms with E-state index in [9.17, 15) is 0 Å². The maximum absolute atomic E-state index is 8.98. The maximum atomic E-state index is 8.98. The Morgan fingerprint density at radius 3 is 2.52 bits per heavy atom. The maximum Gasteiger partial charge on any atom is 0.136 e. The van der Waals surface area contributed by atoms with Gasteiger partial charge in [0.1, 0.15) is 17.6 Å². The molecule has 0 atom stereocenters. The van der Waals surface area contributed by atoms with Crippen LogP contribution >= 0.6 is 11.8 Å². The van der Waals surface area contributed by atoms with Crippen molar-refractivity contribution in [2.24, 2.45) is 0 Å². The summed E-state index contributed by atoms with van der Waals surface area (Å²) in [6.07, 6.45) is 0. The molecule has 21 heavy (non-hydrogen) atoms. The Kier molecular flexibility index (Phi) is 4.96. The summed E-state index contributed by atoms with van der Waals surface area (Å²) in [5.74, 6) is 2.11.